The highest BCUT2D eigenvalue weighted by molar-refractivity contribution is 5.81. The van der Waals surface area contributed by atoms with E-state index in [1.165, 1.54) is 18.7 Å². The quantitative estimate of drug-likeness (QED) is 0.561. The molecule has 16 heavy (non-hydrogen) atoms. The molecule has 1 aromatic carbocycles. The van der Waals surface area contributed by atoms with Gasteiger partial charge in [-0.3, -0.25) is 0 Å². The summed E-state index contributed by atoms with van der Waals surface area (Å²) in [5.41, 5.74) is 1.22. The van der Waals surface area contributed by atoms with Gasteiger partial charge in [0.2, 0.25) is 0 Å². The van der Waals surface area contributed by atoms with Crippen molar-refractivity contribution in [1.82, 2.24) is 4.90 Å². The predicted molar refractivity (Wildman–Crippen MR) is 63.7 cm³/mol. The lowest BCUT2D eigenvalue weighted by Crippen LogP contribution is -2.16. The maximum Gasteiger partial charge on any atom is 0.331 e. The molecule has 0 atom stereocenters. The van der Waals surface area contributed by atoms with Crippen LogP contribution in [0.4, 0.5) is 0 Å². The van der Waals surface area contributed by atoms with Crippen LogP contribution in [0.1, 0.15) is 12.5 Å². The number of ether oxygens (including phenoxy) is 1. The number of benzene rings is 1. The molecule has 0 heterocycles. The Kier molecular flexibility index (Phi) is 5.12. The molecule has 0 N–H and O–H groups in total. The minimum absolute atomic E-state index is 0.327. The zero-order valence-electron chi connectivity index (χ0n) is 9.72. The zero-order valence-corrected chi connectivity index (χ0v) is 9.72. The fourth-order valence-corrected chi connectivity index (χ4v) is 1.32. The van der Waals surface area contributed by atoms with E-state index < -0.39 is 0 Å². The first kappa shape index (κ1) is 12.3. The molecule has 0 bridgehead atoms. The molecule has 0 unspecified atom stereocenters. The normalized spacial score (nSPS) is 10.4. The molecule has 1 aromatic rings. The number of methoxy groups -OCH3 is 1. The van der Waals surface area contributed by atoms with Crippen molar-refractivity contribution in [1.29, 1.82) is 0 Å². The first-order valence-electron chi connectivity index (χ1n) is 5.30. The summed E-state index contributed by atoms with van der Waals surface area (Å²) in [7, 11) is 1.38. The number of rotatable bonds is 5. The van der Waals surface area contributed by atoms with E-state index in [9.17, 15) is 4.79 Å². The molecule has 86 valence electrons. The van der Waals surface area contributed by atoms with Gasteiger partial charge in [-0.1, -0.05) is 30.3 Å². The van der Waals surface area contributed by atoms with Crippen LogP contribution in [0, 0.1) is 0 Å². The van der Waals surface area contributed by atoms with Crippen LogP contribution >= 0.6 is 0 Å². The van der Waals surface area contributed by atoms with E-state index in [1.54, 1.807) is 6.20 Å². The number of carbonyl (C=O) groups is 1. The first-order chi connectivity index (χ1) is 7.76. The summed E-state index contributed by atoms with van der Waals surface area (Å²) in [5.74, 6) is -0.327. The maximum absolute atomic E-state index is 10.9. The highest BCUT2D eigenvalue weighted by atomic mass is 16.5. The lowest BCUT2D eigenvalue weighted by atomic mass is 10.2. The molecular weight excluding hydrogens is 202 g/mol. The van der Waals surface area contributed by atoms with Crippen molar-refractivity contribution in [3.8, 4) is 0 Å². The third kappa shape index (κ3) is 4.17. The Hall–Kier alpha value is -1.77. The van der Waals surface area contributed by atoms with Gasteiger partial charge in [0.05, 0.1) is 7.11 Å². The first-order valence-corrected chi connectivity index (χ1v) is 5.30. The van der Waals surface area contributed by atoms with Crippen molar-refractivity contribution in [2.24, 2.45) is 0 Å². The Morgan fingerprint density at radius 2 is 2.06 bits per heavy atom. The van der Waals surface area contributed by atoms with E-state index in [0.29, 0.717) is 0 Å². The minimum Gasteiger partial charge on any atom is -0.466 e. The molecule has 0 fully saturated rings. The second-order valence-corrected chi connectivity index (χ2v) is 3.39. The topological polar surface area (TPSA) is 29.5 Å². The Balaban J connectivity index is 2.56. The monoisotopic (exact) mass is 219 g/mol. The molecule has 0 amide bonds. The fourth-order valence-electron chi connectivity index (χ4n) is 1.32. The van der Waals surface area contributed by atoms with E-state index in [0.717, 1.165) is 13.1 Å². The predicted octanol–water partition coefficient (Wildman–Crippen LogP) is 2.20. The van der Waals surface area contributed by atoms with Gasteiger partial charge in [-0.15, -0.1) is 0 Å². The van der Waals surface area contributed by atoms with Gasteiger partial charge in [0.1, 0.15) is 0 Å². The molecule has 0 aromatic heterocycles. The van der Waals surface area contributed by atoms with Gasteiger partial charge in [-0.25, -0.2) is 4.79 Å². The lowest BCUT2D eigenvalue weighted by molar-refractivity contribution is -0.134. The summed E-state index contributed by atoms with van der Waals surface area (Å²) >= 11 is 0. The molecule has 0 aliphatic heterocycles. The van der Waals surface area contributed by atoms with Crippen molar-refractivity contribution in [2.75, 3.05) is 13.7 Å². The fraction of sp³-hybridized carbons (Fsp3) is 0.308. The molecule has 0 aliphatic carbocycles. The molecule has 0 saturated heterocycles. The molecule has 0 aliphatic rings. The van der Waals surface area contributed by atoms with Crippen LogP contribution in [-0.2, 0) is 16.1 Å². The second-order valence-electron chi connectivity index (χ2n) is 3.39. The maximum atomic E-state index is 10.9. The van der Waals surface area contributed by atoms with E-state index in [1.807, 2.05) is 30.0 Å². The highest BCUT2D eigenvalue weighted by Gasteiger charge is 1.99. The SMILES string of the molecule is CCN(C=CC(=O)OC)Cc1ccccc1. The van der Waals surface area contributed by atoms with Crippen molar-refractivity contribution < 1.29 is 9.53 Å². The summed E-state index contributed by atoms with van der Waals surface area (Å²) in [4.78, 5) is 13.0. The minimum atomic E-state index is -0.327. The molecule has 0 saturated carbocycles. The van der Waals surface area contributed by atoms with Gasteiger partial charge in [0.25, 0.3) is 0 Å². The van der Waals surface area contributed by atoms with Crippen molar-refractivity contribution in [3.63, 3.8) is 0 Å². The van der Waals surface area contributed by atoms with Gasteiger partial charge >= 0.3 is 5.97 Å². The summed E-state index contributed by atoms with van der Waals surface area (Å²) in [5, 5.41) is 0. The molecule has 1 rings (SSSR count). The van der Waals surface area contributed by atoms with Crippen LogP contribution in [0.3, 0.4) is 0 Å². The van der Waals surface area contributed by atoms with Crippen molar-refractivity contribution in [2.45, 2.75) is 13.5 Å². The number of carbonyl (C=O) groups excluding carboxylic acids is 1. The van der Waals surface area contributed by atoms with E-state index in [4.69, 9.17) is 0 Å². The van der Waals surface area contributed by atoms with Gasteiger partial charge in [0.15, 0.2) is 0 Å². The van der Waals surface area contributed by atoms with Crippen LogP contribution in [0.15, 0.2) is 42.6 Å². The molecule has 3 heteroatoms. The lowest BCUT2D eigenvalue weighted by Gasteiger charge is -2.17. The van der Waals surface area contributed by atoms with Crippen LogP contribution in [-0.4, -0.2) is 24.5 Å². The largest absolute Gasteiger partial charge is 0.466 e. The van der Waals surface area contributed by atoms with Gasteiger partial charge in [-0.05, 0) is 12.5 Å². The molecular formula is C13H17NO2. The Bertz CT molecular complexity index is 346. The number of nitrogens with zero attached hydrogens (tertiary/aromatic N) is 1. The third-order valence-electron chi connectivity index (χ3n) is 2.26. The molecule has 0 spiro atoms. The van der Waals surface area contributed by atoms with Crippen LogP contribution in [0.5, 0.6) is 0 Å². The summed E-state index contributed by atoms with van der Waals surface area (Å²) in [6, 6.07) is 10.1. The van der Waals surface area contributed by atoms with Gasteiger partial charge in [0, 0.05) is 25.4 Å². The van der Waals surface area contributed by atoms with Crippen molar-refractivity contribution >= 4 is 5.97 Å². The third-order valence-corrected chi connectivity index (χ3v) is 2.26. The van der Waals surface area contributed by atoms with Crippen molar-refractivity contribution in [3.05, 3.63) is 48.2 Å². The zero-order chi connectivity index (χ0) is 11.8. The van der Waals surface area contributed by atoms with Crippen LogP contribution in [0.2, 0.25) is 0 Å². The summed E-state index contributed by atoms with van der Waals surface area (Å²) < 4.78 is 4.54. The van der Waals surface area contributed by atoms with Crippen LogP contribution < -0.4 is 0 Å². The number of esters is 1. The average Bonchev–Trinajstić information content (AvgIpc) is 2.35. The average molecular weight is 219 g/mol. The molecule has 0 radical (unpaired) electrons. The number of hydrogen-bond donors (Lipinski definition) is 0. The van der Waals surface area contributed by atoms with Crippen LogP contribution in [0.25, 0.3) is 0 Å². The summed E-state index contributed by atoms with van der Waals surface area (Å²) in [6.07, 6.45) is 3.20. The Labute approximate surface area is 96.3 Å². The number of hydrogen-bond acceptors (Lipinski definition) is 3. The van der Waals surface area contributed by atoms with Gasteiger partial charge in [-0.2, -0.15) is 0 Å². The summed E-state index contributed by atoms with van der Waals surface area (Å²) in [6.45, 7) is 3.69. The van der Waals surface area contributed by atoms with E-state index in [2.05, 4.69) is 16.9 Å². The van der Waals surface area contributed by atoms with E-state index >= 15 is 0 Å². The highest BCUT2D eigenvalue weighted by Crippen LogP contribution is 2.04. The Morgan fingerprint density at radius 3 is 2.62 bits per heavy atom. The Morgan fingerprint density at radius 1 is 1.38 bits per heavy atom. The smallest absolute Gasteiger partial charge is 0.331 e. The van der Waals surface area contributed by atoms with E-state index in [-0.39, 0.29) is 5.97 Å². The van der Waals surface area contributed by atoms with Gasteiger partial charge < -0.3 is 9.64 Å². The second kappa shape index (κ2) is 6.67. The standard InChI is InChI=1S/C13H17NO2/c1-3-14(10-9-13(15)16-2)11-12-7-5-4-6-8-12/h4-10H,3,11H2,1-2H3. The molecule has 3 nitrogen and oxygen atoms in total.